The average molecular weight is 807 g/mol. The number of H-pyrrole nitrogens is 1. The Morgan fingerprint density at radius 2 is 1.57 bits per heavy atom. The zero-order valence-electron chi connectivity index (χ0n) is 33.0. The first-order valence-corrected chi connectivity index (χ1v) is 19.6. The first-order valence-electron chi connectivity index (χ1n) is 19.6. The summed E-state index contributed by atoms with van der Waals surface area (Å²) < 4.78 is 18.6. The highest BCUT2D eigenvalue weighted by Gasteiger charge is 2.29. The molecule has 0 saturated heterocycles. The third kappa shape index (κ3) is 16.2. The summed E-state index contributed by atoms with van der Waals surface area (Å²) in [5.41, 5.74) is 5.94. The van der Waals surface area contributed by atoms with Crippen LogP contribution in [0.1, 0.15) is 36.9 Å². The predicted octanol–water partition coefficient (Wildman–Crippen LogP) is 1.32. The van der Waals surface area contributed by atoms with Gasteiger partial charge in [0.15, 0.2) is 6.61 Å². The van der Waals surface area contributed by atoms with Gasteiger partial charge in [-0.05, 0) is 79.1 Å². The Kier molecular flexibility index (Phi) is 20.1. The summed E-state index contributed by atoms with van der Waals surface area (Å²) in [6, 6.07) is 15.7. The smallest absolute Gasteiger partial charge is 0.257 e. The van der Waals surface area contributed by atoms with E-state index in [2.05, 4.69) is 43.7 Å². The van der Waals surface area contributed by atoms with Crippen molar-refractivity contribution in [1.29, 1.82) is 0 Å². The number of carbonyl (C=O) groups is 2. The highest BCUT2D eigenvalue weighted by Crippen LogP contribution is 2.23. The Labute approximate surface area is 338 Å². The molecule has 316 valence electrons. The summed E-state index contributed by atoms with van der Waals surface area (Å²) in [4.78, 5) is 32.3. The number of carbonyl (C=O) groups excluding carboxylic acids is 2. The molecule has 2 amide bonds. The molecule has 0 aliphatic carbocycles. The minimum Gasteiger partial charge on any atom is -0.484 e. The van der Waals surface area contributed by atoms with Crippen molar-refractivity contribution < 1.29 is 49.3 Å². The number of ether oxygens (including phenoxy) is 3. The van der Waals surface area contributed by atoms with E-state index in [1.165, 1.54) is 0 Å². The Balaban J connectivity index is 0.954. The Bertz CT molecular complexity index is 1790. The van der Waals surface area contributed by atoms with Crippen LogP contribution in [0.4, 0.5) is 0 Å². The number of hydrogen-bond acceptors (Lipinski definition) is 12. The lowest BCUT2D eigenvalue weighted by Crippen LogP contribution is -2.49. The number of nitrogens with one attached hydrogen (secondary N) is 4. The second kappa shape index (κ2) is 25.5. The molecular weight excluding hydrogens is 748 g/mol. The number of aromatic nitrogens is 2. The van der Waals surface area contributed by atoms with Gasteiger partial charge in [0.05, 0.1) is 61.9 Å². The average Bonchev–Trinajstić information content (AvgIpc) is 4.01. The second-order valence-electron chi connectivity index (χ2n) is 13.7. The normalized spacial score (nSPS) is 15.4. The van der Waals surface area contributed by atoms with Crippen molar-refractivity contribution >= 4 is 29.7 Å². The quantitative estimate of drug-likeness (QED) is 0.0475. The number of hydrogen-bond donors (Lipinski definition) is 9. The van der Waals surface area contributed by atoms with E-state index in [0.717, 1.165) is 46.9 Å². The second-order valence-corrected chi connectivity index (χ2v) is 13.7. The van der Waals surface area contributed by atoms with Crippen LogP contribution in [0.5, 0.6) is 5.75 Å². The van der Waals surface area contributed by atoms with Crippen molar-refractivity contribution in [2.45, 2.75) is 50.1 Å². The molecule has 16 nitrogen and oxygen atoms in total. The largest absolute Gasteiger partial charge is 0.484 e. The van der Waals surface area contributed by atoms with Crippen molar-refractivity contribution in [2.24, 2.45) is 12.0 Å². The molecule has 0 fully saturated rings. The molecule has 3 aromatic rings. The van der Waals surface area contributed by atoms with E-state index in [1.807, 2.05) is 73.9 Å². The van der Waals surface area contributed by atoms with Crippen molar-refractivity contribution in [1.82, 2.24) is 25.5 Å². The van der Waals surface area contributed by atoms with Crippen LogP contribution in [0.25, 0.3) is 23.5 Å². The minimum atomic E-state index is -1.66. The summed E-state index contributed by atoms with van der Waals surface area (Å²) in [6.45, 7) is 1.73. The van der Waals surface area contributed by atoms with Crippen molar-refractivity contribution in [3.63, 3.8) is 0 Å². The third-order valence-corrected chi connectivity index (χ3v) is 9.16. The topological polar surface area (TPSA) is 232 Å². The number of amides is 2. The fourth-order valence-corrected chi connectivity index (χ4v) is 5.77. The standard InChI is InChI=1S/C42H58N6O10/c1-48-33(14-17-36(48)35-6-5-19-44-35)26-32-13-12-31(47-32)11-8-30-9-15-34(16-10-30)58-29-40(53)45-18-4-2-3-7-39(52)46-21-23-57-25-24-56-22-20-43-27-37(50)41(54)42(55)38(51)28-49/h5-6,8-17,19,26,37-38,41-44,49-51,54-55H,2-4,7,18,20-25,27-29H2,1H3,(H,45,53)(H,46,52)/b11-8+,32-26-/t37-,38-,41+,42-/m0/s1. The molecule has 16 heteroatoms. The van der Waals surface area contributed by atoms with Gasteiger partial charge in [-0.2, -0.15) is 0 Å². The molecule has 2 aromatic heterocycles. The minimum absolute atomic E-state index is 0.0395. The number of rotatable bonds is 28. The van der Waals surface area contributed by atoms with Crippen LogP contribution in [-0.2, 0) is 26.1 Å². The first-order chi connectivity index (χ1) is 28.1. The summed E-state index contributed by atoms with van der Waals surface area (Å²) in [6.07, 6.45) is 8.37. The summed E-state index contributed by atoms with van der Waals surface area (Å²) in [5.74, 6) is 0.326. The van der Waals surface area contributed by atoms with Gasteiger partial charge in [-0.1, -0.05) is 24.6 Å². The molecule has 58 heavy (non-hydrogen) atoms. The number of aliphatic imine (C=N–C) groups is 1. The van der Waals surface area contributed by atoms with Gasteiger partial charge < -0.3 is 65.2 Å². The Morgan fingerprint density at radius 3 is 2.31 bits per heavy atom. The zero-order valence-corrected chi connectivity index (χ0v) is 33.0. The van der Waals surface area contributed by atoms with Crippen LogP contribution in [0.15, 0.2) is 83.6 Å². The maximum atomic E-state index is 12.3. The van der Waals surface area contributed by atoms with E-state index < -0.39 is 31.0 Å². The fourth-order valence-electron chi connectivity index (χ4n) is 5.77. The maximum absolute atomic E-state index is 12.3. The number of aliphatic hydroxyl groups is 5. The van der Waals surface area contributed by atoms with Gasteiger partial charge in [-0.3, -0.25) is 9.59 Å². The first kappa shape index (κ1) is 45.8. The van der Waals surface area contributed by atoms with Crippen LogP contribution in [-0.4, -0.2) is 143 Å². The lowest BCUT2D eigenvalue weighted by atomic mass is 10.0. The van der Waals surface area contributed by atoms with Gasteiger partial charge in [0.2, 0.25) is 5.91 Å². The van der Waals surface area contributed by atoms with E-state index in [4.69, 9.17) is 24.3 Å². The highest BCUT2D eigenvalue weighted by molar-refractivity contribution is 6.09. The maximum Gasteiger partial charge on any atom is 0.257 e. The molecule has 0 bridgehead atoms. The number of benzene rings is 1. The fraction of sp³-hybridized carbons (Fsp3) is 0.452. The lowest BCUT2D eigenvalue weighted by molar-refractivity contribution is -0.123. The molecule has 1 aliphatic rings. The molecule has 0 saturated carbocycles. The van der Waals surface area contributed by atoms with Crippen molar-refractivity contribution in [3.8, 4) is 17.1 Å². The summed E-state index contributed by atoms with van der Waals surface area (Å²) >= 11 is 0. The number of nitrogens with zero attached hydrogens (tertiary/aromatic N) is 2. The molecule has 0 unspecified atom stereocenters. The molecule has 1 aromatic carbocycles. The van der Waals surface area contributed by atoms with Crippen molar-refractivity contribution in [2.75, 3.05) is 65.8 Å². The van der Waals surface area contributed by atoms with Gasteiger partial charge in [0.1, 0.15) is 24.1 Å². The molecular formula is C42H58N6O10. The van der Waals surface area contributed by atoms with E-state index >= 15 is 0 Å². The van der Waals surface area contributed by atoms with E-state index in [-0.39, 0.29) is 25.0 Å². The number of aromatic amines is 1. The monoisotopic (exact) mass is 806 g/mol. The van der Waals surface area contributed by atoms with E-state index in [0.29, 0.717) is 64.7 Å². The molecule has 3 heterocycles. The van der Waals surface area contributed by atoms with Crippen LogP contribution >= 0.6 is 0 Å². The number of aliphatic hydroxyl groups excluding tert-OH is 5. The lowest BCUT2D eigenvalue weighted by Gasteiger charge is -2.25. The van der Waals surface area contributed by atoms with Gasteiger partial charge in [-0.25, -0.2) is 4.99 Å². The molecule has 0 radical (unpaired) electrons. The van der Waals surface area contributed by atoms with Crippen LogP contribution in [0.3, 0.4) is 0 Å². The molecule has 4 rings (SSSR count). The van der Waals surface area contributed by atoms with Gasteiger partial charge in [0.25, 0.3) is 5.91 Å². The van der Waals surface area contributed by atoms with Gasteiger partial charge in [-0.15, -0.1) is 0 Å². The summed E-state index contributed by atoms with van der Waals surface area (Å²) in [5, 5.41) is 55.9. The molecule has 0 spiro atoms. The molecule has 9 N–H and O–H groups in total. The van der Waals surface area contributed by atoms with Gasteiger partial charge in [0, 0.05) is 51.5 Å². The van der Waals surface area contributed by atoms with Gasteiger partial charge >= 0.3 is 0 Å². The number of allylic oxidation sites excluding steroid dienone is 3. The Hall–Kier alpha value is -4.91. The predicted molar refractivity (Wildman–Crippen MR) is 221 cm³/mol. The van der Waals surface area contributed by atoms with Crippen LogP contribution in [0, 0.1) is 0 Å². The van der Waals surface area contributed by atoms with E-state index in [9.17, 15) is 30.0 Å². The van der Waals surface area contributed by atoms with Crippen molar-refractivity contribution in [3.05, 3.63) is 89.9 Å². The highest BCUT2D eigenvalue weighted by atomic mass is 16.5. The number of unbranched alkanes of at least 4 members (excludes halogenated alkanes) is 2. The zero-order chi connectivity index (χ0) is 41.5. The molecule has 1 aliphatic heterocycles. The van der Waals surface area contributed by atoms with E-state index in [1.54, 1.807) is 0 Å². The SMILES string of the molecule is Cn1c(/C=C2/C=CC(/C=C/c3ccc(OCC(=O)NCCCCCC(=O)NCCOCCOCCNC[C@H](O)[C@@H](O)[C@@H](O)[C@@H](O)CO)cc3)=N2)ccc1-c1ccc[nH]1. The Morgan fingerprint density at radius 1 is 0.828 bits per heavy atom. The molecule has 4 atom stereocenters. The third-order valence-electron chi connectivity index (χ3n) is 9.16. The summed E-state index contributed by atoms with van der Waals surface area (Å²) in [7, 11) is 2.04. The van der Waals surface area contributed by atoms with Crippen LogP contribution in [0.2, 0.25) is 0 Å². The van der Waals surface area contributed by atoms with Crippen LogP contribution < -0.4 is 20.7 Å².